The Hall–Kier alpha value is -5.23. The van der Waals surface area contributed by atoms with Crippen molar-refractivity contribution in [3.63, 3.8) is 0 Å². The van der Waals surface area contributed by atoms with E-state index in [1.165, 1.54) is 89.9 Å². The van der Waals surface area contributed by atoms with Crippen molar-refractivity contribution in [3.05, 3.63) is 170 Å². The number of rotatable bonds is 53. The Kier molecular flexibility index (Phi) is 59.0. The van der Waals surface area contributed by atoms with E-state index in [1.54, 1.807) is 12.2 Å². The second kappa shape index (κ2) is 63.3. The lowest BCUT2D eigenvalue weighted by Crippen LogP contribution is -2.30. The molecule has 0 N–H and O–H groups in total. The third-order valence-corrected chi connectivity index (χ3v) is 12.3. The largest absolute Gasteiger partial charge is 0.462 e. The van der Waals surface area contributed by atoms with Gasteiger partial charge in [-0.25, -0.2) is 0 Å². The molecular formula is C71H110O6. The second-order valence-electron chi connectivity index (χ2n) is 19.5. The van der Waals surface area contributed by atoms with Gasteiger partial charge in [0, 0.05) is 6.42 Å². The van der Waals surface area contributed by atoms with Gasteiger partial charge in [0.2, 0.25) is 0 Å². The average Bonchev–Trinajstić information content (AvgIpc) is 3.43. The van der Waals surface area contributed by atoms with Gasteiger partial charge in [0.1, 0.15) is 13.2 Å². The van der Waals surface area contributed by atoms with Crippen LogP contribution in [0.5, 0.6) is 0 Å². The maximum Gasteiger partial charge on any atom is 0.310 e. The highest BCUT2D eigenvalue weighted by Crippen LogP contribution is 2.15. The fourth-order valence-electron chi connectivity index (χ4n) is 7.82. The average molecular weight is 1060 g/mol. The van der Waals surface area contributed by atoms with Gasteiger partial charge in [-0.3, -0.25) is 14.4 Å². The highest BCUT2D eigenvalue weighted by molar-refractivity contribution is 5.72. The summed E-state index contributed by atoms with van der Waals surface area (Å²) in [6.45, 7) is 6.12. The molecule has 0 saturated heterocycles. The Bertz CT molecular complexity index is 1790. The Labute approximate surface area is 472 Å². The minimum absolute atomic E-state index is 0.0707. The van der Waals surface area contributed by atoms with E-state index in [0.717, 1.165) is 96.3 Å². The first-order chi connectivity index (χ1) is 38.0. The minimum Gasteiger partial charge on any atom is -0.462 e. The van der Waals surface area contributed by atoms with E-state index in [0.29, 0.717) is 19.3 Å². The zero-order chi connectivity index (χ0) is 55.7. The SMILES string of the molecule is CC/C=C\C/C=C\C/C=C\C/C=C\C/C=C\CC(=O)OCC(COC(=O)CCCCCCCCCCCCCCCCCC/C=C\C/C=C\C/C=C\C/C=C\CC)OC(=O)C/C=C\C/C=C\C/C=C\C/C=C\C/C=C\CC. The first-order valence-electron chi connectivity index (χ1n) is 30.6. The van der Waals surface area contributed by atoms with Crippen molar-refractivity contribution in [2.75, 3.05) is 13.2 Å². The van der Waals surface area contributed by atoms with Crippen LogP contribution in [0.3, 0.4) is 0 Å². The number of unbranched alkanes of at least 4 members (excludes halogenated alkanes) is 16. The van der Waals surface area contributed by atoms with E-state index < -0.39 is 18.0 Å². The Balaban J connectivity index is 4.40. The fraction of sp³-hybridized carbons (Fsp3) is 0.563. The molecule has 6 nitrogen and oxygen atoms in total. The van der Waals surface area contributed by atoms with Crippen molar-refractivity contribution in [2.24, 2.45) is 0 Å². The molecule has 0 amide bonds. The smallest absolute Gasteiger partial charge is 0.310 e. The summed E-state index contributed by atoms with van der Waals surface area (Å²) in [5.74, 6) is -1.23. The van der Waals surface area contributed by atoms with E-state index in [2.05, 4.69) is 167 Å². The quantitative estimate of drug-likeness (QED) is 0.0261. The number of carbonyl (C=O) groups excluding carboxylic acids is 3. The number of hydrogen-bond acceptors (Lipinski definition) is 6. The van der Waals surface area contributed by atoms with Crippen LogP contribution in [0.25, 0.3) is 0 Å². The van der Waals surface area contributed by atoms with E-state index >= 15 is 0 Å². The first kappa shape index (κ1) is 71.8. The van der Waals surface area contributed by atoms with E-state index in [9.17, 15) is 14.4 Å². The van der Waals surface area contributed by atoms with Gasteiger partial charge in [-0.05, 0) is 109 Å². The molecule has 6 heteroatoms. The normalized spacial score (nSPS) is 13.3. The van der Waals surface area contributed by atoms with Crippen LogP contribution in [0.4, 0.5) is 0 Å². The molecule has 0 aliphatic rings. The van der Waals surface area contributed by atoms with Crippen LogP contribution in [0.15, 0.2) is 170 Å². The van der Waals surface area contributed by atoms with Crippen LogP contribution < -0.4 is 0 Å². The van der Waals surface area contributed by atoms with Gasteiger partial charge in [0.05, 0.1) is 12.8 Å². The molecule has 0 rings (SSSR count). The van der Waals surface area contributed by atoms with Crippen molar-refractivity contribution in [1.29, 1.82) is 0 Å². The molecule has 0 saturated carbocycles. The van der Waals surface area contributed by atoms with E-state index in [1.807, 2.05) is 12.2 Å². The summed E-state index contributed by atoms with van der Waals surface area (Å²) >= 11 is 0. The summed E-state index contributed by atoms with van der Waals surface area (Å²) in [6, 6.07) is 0. The Morgan fingerprint density at radius 2 is 0.519 bits per heavy atom. The van der Waals surface area contributed by atoms with Crippen LogP contribution in [0, 0.1) is 0 Å². The zero-order valence-corrected chi connectivity index (χ0v) is 49.1. The molecular weight excluding hydrogens is 949 g/mol. The summed E-state index contributed by atoms with van der Waals surface area (Å²) in [5.41, 5.74) is 0. The lowest BCUT2D eigenvalue weighted by molar-refractivity contribution is -0.166. The van der Waals surface area contributed by atoms with Crippen LogP contribution in [-0.2, 0) is 28.6 Å². The molecule has 0 spiro atoms. The summed E-state index contributed by atoms with van der Waals surface area (Å²) in [6.07, 6.45) is 94.2. The molecule has 0 aliphatic carbocycles. The number of ether oxygens (including phenoxy) is 3. The second-order valence-corrected chi connectivity index (χ2v) is 19.5. The Morgan fingerprint density at radius 3 is 0.844 bits per heavy atom. The Morgan fingerprint density at radius 1 is 0.273 bits per heavy atom. The zero-order valence-electron chi connectivity index (χ0n) is 49.1. The van der Waals surface area contributed by atoms with Crippen molar-refractivity contribution >= 4 is 17.9 Å². The molecule has 0 heterocycles. The molecule has 0 aliphatic heterocycles. The van der Waals surface area contributed by atoms with Crippen LogP contribution >= 0.6 is 0 Å². The summed E-state index contributed by atoms with van der Waals surface area (Å²) < 4.78 is 16.7. The molecule has 77 heavy (non-hydrogen) atoms. The lowest BCUT2D eigenvalue weighted by Gasteiger charge is -2.17. The molecule has 1 atom stereocenters. The lowest BCUT2D eigenvalue weighted by atomic mass is 10.0. The topological polar surface area (TPSA) is 78.9 Å². The summed E-state index contributed by atoms with van der Waals surface area (Å²) in [7, 11) is 0. The molecule has 430 valence electrons. The molecule has 0 radical (unpaired) electrons. The molecule has 0 fully saturated rings. The highest BCUT2D eigenvalue weighted by atomic mass is 16.6. The minimum atomic E-state index is -0.880. The van der Waals surface area contributed by atoms with Crippen LogP contribution in [-0.4, -0.2) is 37.2 Å². The fourth-order valence-corrected chi connectivity index (χ4v) is 7.82. The van der Waals surface area contributed by atoms with E-state index in [-0.39, 0.29) is 32.0 Å². The number of allylic oxidation sites excluding steroid dienone is 26. The van der Waals surface area contributed by atoms with Crippen LogP contribution in [0.1, 0.15) is 239 Å². The predicted octanol–water partition coefficient (Wildman–Crippen LogP) is 21.1. The maximum atomic E-state index is 12.8. The summed E-state index contributed by atoms with van der Waals surface area (Å²) in [4.78, 5) is 38.1. The van der Waals surface area contributed by atoms with Gasteiger partial charge >= 0.3 is 17.9 Å². The van der Waals surface area contributed by atoms with Crippen molar-refractivity contribution in [2.45, 2.75) is 245 Å². The first-order valence-corrected chi connectivity index (χ1v) is 30.6. The molecule has 0 bridgehead atoms. The standard InChI is InChI=1S/C71H110O6/c1-4-7-10-13-16-19-22-25-28-29-30-31-32-33-34-35-36-37-38-39-40-41-44-46-49-52-55-58-61-64-70(73)76-67-68(77-71(74)65-62-59-56-53-50-47-43-27-24-21-18-15-12-9-6-3)66-75-69(72)63-60-57-54-51-48-45-42-26-23-20-17-14-11-8-5-2/h7-12,16-21,25-28,30-31,42-43,48,50-51,53,57,59-60,62,68H,4-6,13-15,22-24,29,32-41,44-47,49,52,54-56,58,61,63-67H2,1-3H3/b10-7-,11-8-,12-9-,19-16-,20-17-,21-18-,28-25-,31-30-,42-26-,43-27-,51-48-,53-50-,60-57-,62-59-. The molecule has 0 aromatic rings. The van der Waals surface area contributed by atoms with Gasteiger partial charge in [0.25, 0.3) is 0 Å². The molecule has 0 aromatic heterocycles. The van der Waals surface area contributed by atoms with Gasteiger partial charge in [-0.15, -0.1) is 0 Å². The molecule has 1 unspecified atom stereocenters. The van der Waals surface area contributed by atoms with Crippen LogP contribution in [0.2, 0.25) is 0 Å². The summed E-state index contributed by atoms with van der Waals surface area (Å²) in [5, 5.41) is 0. The van der Waals surface area contributed by atoms with Gasteiger partial charge in [-0.1, -0.05) is 281 Å². The number of hydrogen-bond donors (Lipinski definition) is 0. The van der Waals surface area contributed by atoms with Crippen molar-refractivity contribution < 1.29 is 28.6 Å². The third kappa shape index (κ3) is 61.5. The van der Waals surface area contributed by atoms with Crippen molar-refractivity contribution in [1.82, 2.24) is 0 Å². The van der Waals surface area contributed by atoms with Gasteiger partial charge < -0.3 is 14.2 Å². The number of esters is 3. The predicted molar refractivity (Wildman–Crippen MR) is 334 cm³/mol. The third-order valence-electron chi connectivity index (χ3n) is 12.3. The monoisotopic (exact) mass is 1060 g/mol. The molecule has 0 aromatic carbocycles. The highest BCUT2D eigenvalue weighted by Gasteiger charge is 2.19. The van der Waals surface area contributed by atoms with E-state index in [4.69, 9.17) is 14.2 Å². The maximum absolute atomic E-state index is 12.8. The van der Waals surface area contributed by atoms with Crippen molar-refractivity contribution in [3.8, 4) is 0 Å². The van der Waals surface area contributed by atoms with Gasteiger partial charge in [-0.2, -0.15) is 0 Å². The van der Waals surface area contributed by atoms with Gasteiger partial charge in [0.15, 0.2) is 6.10 Å². The number of carbonyl (C=O) groups is 3.